The molecule has 5 nitrogen and oxygen atoms in total. The molecule has 0 aliphatic rings. The van der Waals surface area contributed by atoms with E-state index in [-0.39, 0.29) is 25.5 Å². The van der Waals surface area contributed by atoms with Crippen LogP contribution in [0.15, 0.2) is 144 Å². The predicted octanol–water partition coefficient (Wildman–Crippen LogP) is 13.5. The molecule has 0 saturated carbocycles. The maximum Gasteiger partial charge on any atom is 0.120 e. The smallest absolute Gasteiger partial charge is 0.120 e. The van der Waals surface area contributed by atoms with Crippen molar-refractivity contribution in [2.75, 3.05) is 0 Å². The Bertz CT molecular complexity index is 2710. The molecular formula is C51H46IrN4O-2. The number of aromatic nitrogens is 4. The first-order valence-corrected chi connectivity index (χ1v) is 19.4. The Labute approximate surface area is 349 Å². The fourth-order valence-corrected chi connectivity index (χ4v) is 7.53. The van der Waals surface area contributed by atoms with E-state index in [4.69, 9.17) is 9.40 Å². The molecular weight excluding hydrogens is 877 g/mol. The maximum atomic E-state index is 6.48. The molecule has 0 amide bonds. The molecule has 0 N–H and O–H groups in total. The van der Waals surface area contributed by atoms with Crippen LogP contribution in [0, 0.1) is 12.1 Å². The molecule has 0 aliphatic heterocycles. The third-order valence-corrected chi connectivity index (χ3v) is 10.3. The van der Waals surface area contributed by atoms with Crippen molar-refractivity contribution in [3.05, 3.63) is 169 Å². The second-order valence-corrected chi connectivity index (χ2v) is 15.9. The standard InChI is InChI=1S/C34H34N3O.C17H12N.Ir/c1-20(2)22-13-10-14-23(21(3)4)30(22)37-31-27(34(5,6)7)18-35-19-28(31)36-33(37)26-16-11-15-25-24-12-8-9-17-29(24)38-32(25)26;1-3-7-14(8-4-1)16-11-12-18-17(13-16)15-9-5-2-6-10-15;/h8-15,17-21H,1-7H3;1-9,11-13H;/q2*-1;. The fraction of sp³-hybridized carbons (Fsp3) is 0.196. The van der Waals surface area contributed by atoms with Gasteiger partial charge < -0.3 is 14.0 Å². The van der Waals surface area contributed by atoms with E-state index in [1.54, 1.807) is 0 Å². The topological polar surface area (TPSA) is 56.7 Å². The fourth-order valence-electron chi connectivity index (χ4n) is 7.53. The molecule has 0 saturated heterocycles. The number of hydrogen-bond donors (Lipinski definition) is 0. The molecule has 287 valence electrons. The Morgan fingerprint density at radius 1 is 0.684 bits per heavy atom. The quantitative estimate of drug-likeness (QED) is 0.156. The van der Waals surface area contributed by atoms with Crippen molar-refractivity contribution >= 4 is 33.0 Å². The minimum Gasteiger partial charge on any atom is -0.501 e. The van der Waals surface area contributed by atoms with Crippen LogP contribution in [0.4, 0.5) is 0 Å². The molecule has 57 heavy (non-hydrogen) atoms. The van der Waals surface area contributed by atoms with Crippen molar-refractivity contribution in [3.8, 4) is 39.5 Å². The summed E-state index contributed by atoms with van der Waals surface area (Å²) in [5, 5.41) is 2.17. The summed E-state index contributed by atoms with van der Waals surface area (Å²) in [6.45, 7) is 15.8. The molecule has 0 bridgehead atoms. The number of furan rings is 1. The molecule has 6 heteroatoms. The average Bonchev–Trinajstić information content (AvgIpc) is 3.80. The zero-order valence-electron chi connectivity index (χ0n) is 33.5. The van der Waals surface area contributed by atoms with Crippen molar-refractivity contribution in [2.24, 2.45) is 0 Å². The van der Waals surface area contributed by atoms with E-state index in [9.17, 15) is 0 Å². The van der Waals surface area contributed by atoms with Gasteiger partial charge >= 0.3 is 0 Å². The molecule has 9 aromatic rings. The van der Waals surface area contributed by atoms with E-state index in [1.807, 2.05) is 85.3 Å². The average molecular weight is 923 g/mol. The Kier molecular flexibility index (Phi) is 11.4. The van der Waals surface area contributed by atoms with Gasteiger partial charge in [-0.2, -0.15) is 0 Å². The Morgan fingerprint density at radius 2 is 1.40 bits per heavy atom. The normalized spacial score (nSPS) is 11.6. The van der Waals surface area contributed by atoms with Gasteiger partial charge in [0.2, 0.25) is 0 Å². The molecule has 5 aromatic carbocycles. The number of imidazole rings is 1. The summed E-state index contributed by atoms with van der Waals surface area (Å²) >= 11 is 0. The van der Waals surface area contributed by atoms with Crippen LogP contribution in [0.2, 0.25) is 0 Å². The summed E-state index contributed by atoms with van der Waals surface area (Å²) < 4.78 is 8.85. The van der Waals surface area contributed by atoms with E-state index in [1.165, 1.54) is 33.5 Å². The first-order chi connectivity index (χ1) is 27.1. The number of pyridine rings is 2. The molecule has 4 heterocycles. The van der Waals surface area contributed by atoms with Gasteiger partial charge in [-0.1, -0.05) is 132 Å². The minimum absolute atomic E-state index is 0. The Hall–Kier alpha value is -5.68. The number of benzene rings is 5. The second kappa shape index (κ2) is 16.4. The molecule has 0 aliphatic carbocycles. The minimum atomic E-state index is -0.124. The SMILES string of the molecule is CC(C)c1cccc(C(C)C)c1-n1c(-c2[c-]ccc3c2oc2ccccc23)nc2cncc(C(C)(C)C)c21.[Ir].[c-]1ccccc1-c1cc(-c2ccccc2)ccn1. The van der Waals surface area contributed by atoms with Crippen molar-refractivity contribution < 1.29 is 24.5 Å². The summed E-state index contributed by atoms with van der Waals surface area (Å²) in [5.41, 5.74) is 13.7. The first kappa shape index (κ1) is 39.6. The molecule has 0 unspecified atom stereocenters. The predicted molar refractivity (Wildman–Crippen MR) is 231 cm³/mol. The van der Waals surface area contributed by atoms with E-state index >= 15 is 0 Å². The summed E-state index contributed by atoms with van der Waals surface area (Å²) in [5.74, 6) is 1.50. The summed E-state index contributed by atoms with van der Waals surface area (Å²) in [6, 6.07) is 48.0. The molecule has 9 rings (SSSR count). The molecule has 0 spiro atoms. The van der Waals surface area contributed by atoms with Gasteiger partial charge in [0.05, 0.1) is 28.6 Å². The second-order valence-electron chi connectivity index (χ2n) is 15.9. The van der Waals surface area contributed by atoms with Crippen LogP contribution < -0.4 is 0 Å². The zero-order chi connectivity index (χ0) is 39.0. The molecule has 0 fully saturated rings. The molecule has 4 aromatic heterocycles. The number of fused-ring (bicyclic) bond motifs is 4. The summed E-state index contributed by atoms with van der Waals surface area (Å²) in [4.78, 5) is 14.3. The van der Waals surface area contributed by atoms with Crippen LogP contribution in [-0.2, 0) is 25.5 Å². The van der Waals surface area contributed by atoms with Crippen LogP contribution in [-0.4, -0.2) is 19.5 Å². The third-order valence-electron chi connectivity index (χ3n) is 10.3. The van der Waals surface area contributed by atoms with Crippen LogP contribution in [0.5, 0.6) is 0 Å². The Balaban J connectivity index is 0.000000219. The summed E-state index contributed by atoms with van der Waals surface area (Å²) in [7, 11) is 0. The van der Waals surface area contributed by atoms with Gasteiger partial charge in [-0.25, -0.2) is 0 Å². The van der Waals surface area contributed by atoms with Gasteiger partial charge in [0, 0.05) is 49.1 Å². The largest absolute Gasteiger partial charge is 0.501 e. The van der Waals surface area contributed by atoms with Gasteiger partial charge in [-0.15, -0.1) is 54.1 Å². The van der Waals surface area contributed by atoms with Gasteiger partial charge in [0.1, 0.15) is 5.58 Å². The zero-order valence-corrected chi connectivity index (χ0v) is 35.9. The number of nitrogens with zero attached hydrogens (tertiary/aromatic N) is 4. The molecule has 0 atom stereocenters. The Morgan fingerprint density at radius 3 is 2.11 bits per heavy atom. The van der Waals surface area contributed by atoms with Crippen molar-refractivity contribution in [1.29, 1.82) is 0 Å². The number of hydrogen-bond acceptors (Lipinski definition) is 4. The van der Waals surface area contributed by atoms with Crippen molar-refractivity contribution in [1.82, 2.24) is 19.5 Å². The van der Waals surface area contributed by atoms with Crippen molar-refractivity contribution in [2.45, 2.75) is 65.7 Å². The monoisotopic (exact) mass is 923 g/mol. The van der Waals surface area contributed by atoms with Gasteiger partial charge in [-0.3, -0.25) is 9.97 Å². The van der Waals surface area contributed by atoms with Crippen LogP contribution in [0.25, 0.3) is 72.4 Å². The van der Waals surface area contributed by atoms with E-state index in [0.29, 0.717) is 11.8 Å². The molecule has 1 radical (unpaired) electrons. The van der Waals surface area contributed by atoms with Crippen LogP contribution in [0.1, 0.15) is 77.0 Å². The maximum absolute atomic E-state index is 6.48. The third kappa shape index (κ3) is 7.73. The van der Waals surface area contributed by atoms with E-state index < -0.39 is 0 Å². The van der Waals surface area contributed by atoms with E-state index in [0.717, 1.165) is 55.6 Å². The van der Waals surface area contributed by atoms with Gasteiger partial charge in [0.15, 0.2) is 0 Å². The number of rotatable bonds is 6. The van der Waals surface area contributed by atoms with Crippen LogP contribution in [0.3, 0.4) is 0 Å². The van der Waals surface area contributed by atoms with Crippen LogP contribution >= 0.6 is 0 Å². The first-order valence-electron chi connectivity index (χ1n) is 19.4. The van der Waals surface area contributed by atoms with Crippen molar-refractivity contribution in [3.63, 3.8) is 0 Å². The van der Waals surface area contributed by atoms with Gasteiger partial charge in [0.25, 0.3) is 0 Å². The van der Waals surface area contributed by atoms with E-state index in [2.05, 4.69) is 130 Å². The summed E-state index contributed by atoms with van der Waals surface area (Å²) in [6.07, 6.45) is 5.73. The number of para-hydroxylation sites is 2. The van der Waals surface area contributed by atoms with Gasteiger partial charge in [-0.05, 0) is 57.3 Å².